The predicted octanol–water partition coefficient (Wildman–Crippen LogP) is 1.51. The van der Waals surface area contributed by atoms with Crippen molar-refractivity contribution in [2.45, 2.75) is 12.8 Å². The molecule has 0 fully saturated rings. The van der Waals surface area contributed by atoms with Crippen LogP contribution in [0.2, 0.25) is 0 Å². The summed E-state index contributed by atoms with van der Waals surface area (Å²) in [5.74, 6) is 0. The highest BCUT2D eigenvalue weighted by atomic mass is 16.1. The topological polar surface area (TPSA) is 20.3 Å². The highest BCUT2D eigenvalue weighted by Crippen LogP contribution is 2.24. The van der Waals surface area contributed by atoms with Crippen molar-refractivity contribution in [3.63, 3.8) is 0 Å². The Morgan fingerprint density at radius 2 is 2.17 bits per heavy atom. The van der Waals surface area contributed by atoms with Crippen LogP contribution in [0.15, 0.2) is 24.3 Å². The first-order valence-electron chi connectivity index (χ1n) is 4.15. The number of carbonyl (C=O) groups excluding carboxylic acids is 1. The molecule has 1 aromatic rings. The van der Waals surface area contributed by atoms with E-state index in [0.29, 0.717) is 0 Å². The average Bonchev–Trinajstić information content (AvgIpc) is 2.17. The third-order valence-electron chi connectivity index (χ3n) is 2.22. The van der Waals surface area contributed by atoms with Crippen LogP contribution in [0.5, 0.6) is 0 Å². The first-order valence-corrected chi connectivity index (χ1v) is 4.15. The van der Waals surface area contributed by atoms with Crippen molar-refractivity contribution in [3.05, 3.63) is 29.8 Å². The van der Waals surface area contributed by atoms with E-state index >= 15 is 0 Å². The summed E-state index contributed by atoms with van der Waals surface area (Å²) in [5, 5.41) is 0. The van der Waals surface area contributed by atoms with E-state index in [0.717, 1.165) is 25.1 Å². The molecule has 0 spiro atoms. The molecular weight excluding hydrogens is 150 g/mol. The number of aryl methyl sites for hydroxylation is 1. The highest BCUT2D eigenvalue weighted by Gasteiger charge is 2.15. The van der Waals surface area contributed by atoms with Gasteiger partial charge in [0.05, 0.1) is 0 Å². The monoisotopic (exact) mass is 160 g/mol. The standard InChI is InChI=1S/C10H10NO/c12-8-11-7-3-5-9-4-1-2-6-10(9)11/h1-2,4,6H,3,5,7H2. The molecule has 0 aromatic heterocycles. The summed E-state index contributed by atoms with van der Waals surface area (Å²) in [6.07, 6.45) is 4.07. The third kappa shape index (κ3) is 1.09. The number of benzene rings is 1. The van der Waals surface area contributed by atoms with Gasteiger partial charge in [-0.25, -0.2) is 0 Å². The molecule has 1 aliphatic heterocycles. The molecule has 2 heteroatoms. The van der Waals surface area contributed by atoms with Gasteiger partial charge in [-0.15, -0.1) is 0 Å². The number of hydrogen-bond acceptors (Lipinski definition) is 1. The Balaban J connectivity index is 2.43. The molecule has 12 heavy (non-hydrogen) atoms. The molecule has 1 aromatic carbocycles. The van der Waals surface area contributed by atoms with Crippen LogP contribution in [-0.4, -0.2) is 13.0 Å². The van der Waals surface area contributed by atoms with E-state index in [-0.39, 0.29) is 0 Å². The highest BCUT2D eigenvalue weighted by molar-refractivity contribution is 5.78. The smallest absolute Gasteiger partial charge is 0.304 e. The zero-order valence-electron chi connectivity index (χ0n) is 6.79. The summed E-state index contributed by atoms with van der Waals surface area (Å²) >= 11 is 0. The lowest BCUT2D eigenvalue weighted by Crippen LogP contribution is -2.27. The maximum atomic E-state index is 10.5. The van der Waals surface area contributed by atoms with E-state index < -0.39 is 0 Å². The molecule has 2 nitrogen and oxygen atoms in total. The molecule has 61 valence electrons. The van der Waals surface area contributed by atoms with Crippen LogP contribution in [0.4, 0.5) is 5.69 Å². The molecule has 0 N–H and O–H groups in total. The zero-order chi connectivity index (χ0) is 8.39. The number of hydrogen-bond donors (Lipinski definition) is 0. The Hall–Kier alpha value is -1.31. The van der Waals surface area contributed by atoms with E-state index in [1.54, 1.807) is 4.90 Å². The van der Waals surface area contributed by atoms with Crippen molar-refractivity contribution < 1.29 is 4.79 Å². The Bertz CT molecular complexity index is 296. The second-order valence-electron chi connectivity index (χ2n) is 2.98. The van der Waals surface area contributed by atoms with Crippen LogP contribution >= 0.6 is 0 Å². The Morgan fingerprint density at radius 3 is 3.00 bits per heavy atom. The van der Waals surface area contributed by atoms with Crippen LogP contribution in [-0.2, 0) is 11.2 Å². The lowest BCUT2D eigenvalue weighted by molar-refractivity contribution is 0.548. The number of rotatable bonds is 1. The van der Waals surface area contributed by atoms with Crippen LogP contribution in [0.1, 0.15) is 12.0 Å². The van der Waals surface area contributed by atoms with E-state index in [2.05, 4.69) is 6.07 Å². The third-order valence-corrected chi connectivity index (χ3v) is 2.22. The molecule has 1 amide bonds. The molecule has 1 aliphatic rings. The first kappa shape index (κ1) is 7.35. The zero-order valence-corrected chi connectivity index (χ0v) is 6.79. The van der Waals surface area contributed by atoms with Gasteiger partial charge in [-0.2, -0.15) is 0 Å². The van der Waals surface area contributed by atoms with E-state index in [4.69, 9.17) is 0 Å². The van der Waals surface area contributed by atoms with Crippen molar-refractivity contribution in [3.8, 4) is 0 Å². The first-order chi connectivity index (χ1) is 5.92. The van der Waals surface area contributed by atoms with Crippen molar-refractivity contribution in [2.24, 2.45) is 0 Å². The molecule has 1 radical (unpaired) electrons. The molecule has 1 heterocycles. The van der Waals surface area contributed by atoms with Crippen LogP contribution in [0.3, 0.4) is 0 Å². The number of para-hydroxylation sites is 1. The minimum Gasteiger partial charge on any atom is -0.304 e. The molecule has 0 aliphatic carbocycles. The van der Waals surface area contributed by atoms with Gasteiger partial charge < -0.3 is 4.90 Å². The number of anilines is 1. The van der Waals surface area contributed by atoms with Crippen molar-refractivity contribution >= 4 is 12.1 Å². The molecule has 0 unspecified atom stereocenters. The molecule has 0 atom stereocenters. The molecule has 0 saturated heterocycles. The number of amides is 1. The minimum absolute atomic E-state index is 0.806. The van der Waals surface area contributed by atoms with Gasteiger partial charge in [-0.1, -0.05) is 18.2 Å². The fraction of sp³-hybridized carbons (Fsp3) is 0.300. The Labute approximate surface area is 71.8 Å². The van der Waals surface area contributed by atoms with Crippen LogP contribution in [0, 0.1) is 0 Å². The van der Waals surface area contributed by atoms with Crippen LogP contribution < -0.4 is 4.90 Å². The quantitative estimate of drug-likeness (QED) is 0.609. The van der Waals surface area contributed by atoms with Crippen molar-refractivity contribution in [2.75, 3.05) is 11.4 Å². The summed E-state index contributed by atoms with van der Waals surface area (Å²) < 4.78 is 0. The van der Waals surface area contributed by atoms with E-state index in [1.165, 1.54) is 5.56 Å². The second kappa shape index (κ2) is 2.97. The van der Waals surface area contributed by atoms with E-state index in [9.17, 15) is 4.79 Å². The fourth-order valence-corrected chi connectivity index (χ4v) is 1.63. The maximum absolute atomic E-state index is 10.5. The normalized spacial score (nSPS) is 15.5. The van der Waals surface area contributed by atoms with Crippen molar-refractivity contribution in [1.29, 1.82) is 0 Å². The van der Waals surface area contributed by atoms with Crippen molar-refractivity contribution in [1.82, 2.24) is 0 Å². The van der Waals surface area contributed by atoms with Gasteiger partial charge in [-0.3, -0.25) is 4.79 Å². The molecular formula is C10H10NO. The SMILES string of the molecule is O=[C]N1CCCc2ccccc21. The average molecular weight is 160 g/mol. The molecule has 2 rings (SSSR count). The van der Waals surface area contributed by atoms with Gasteiger partial charge in [0.15, 0.2) is 0 Å². The van der Waals surface area contributed by atoms with Gasteiger partial charge in [0.1, 0.15) is 0 Å². The van der Waals surface area contributed by atoms with Gasteiger partial charge in [0.25, 0.3) is 0 Å². The maximum Gasteiger partial charge on any atom is 0.316 e. The summed E-state index contributed by atoms with van der Waals surface area (Å²) in [6, 6.07) is 8.00. The largest absolute Gasteiger partial charge is 0.316 e. The number of nitrogens with zero attached hydrogens (tertiary/aromatic N) is 1. The fourth-order valence-electron chi connectivity index (χ4n) is 1.63. The molecule has 0 saturated carbocycles. The van der Waals surface area contributed by atoms with Gasteiger partial charge >= 0.3 is 6.41 Å². The van der Waals surface area contributed by atoms with Gasteiger partial charge in [0, 0.05) is 12.2 Å². The van der Waals surface area contributed by atoms with E-state index in [1.807, 2.05) is 24.6 Å². The summed E-state index contributed by atoms with van der Waals surface area (Å²) in [5.41, 5.74) is 2.28. The van der Waals surface area contributed by atoms with Gasteiger partial charge in [0.2, 0.25) is 0 Å². The van der Waals surface area contributed by atoms with Gasteiger partial charge in [-0.05, 0) is 24.5 Å². The minimum atomic E-state index is 0.806. The summed E-state index contributed by atoms with van der Waals surface area (Å²) in [6.45, 7) is 0.806. The Morgan fingerprint density at radius 1 is 1.33 bits per heavy atom. The summed E-state index contributed by atoms with van der Waals surface area (Å²) in [7, 11) is 0. The lowest BCUT2D eigenvalue weighted by Gasteiger charge is -2.24. The predicted molar refractivity (Wildman–Crippen MR) is 47.8 cm³/mol. The Kier molecular flexibility index (Phi) is 1.82. The lowest BCUT2D eigenvalue weighted by atomic mass is 10.0. The van der Waals surface area contributed by atoms with Crippen LogP contribution in [0.25, 0.3) is 0 Å². The molecule has 0 bridgehead atoms. The number of fused-ring (bicyclic) bond motifs is 1. The second-order valence-corrected chi connectivity index (χ2v) is 2.98. The summed E-state index contributed by atoms with van der Waals surface area (Å²) in [4.78, 5) is 12.2.